The van der Waals surface area contributed by atoms with Crippen LogP contribution in [0, 0.1) is 13.8 Å². The van der Waals surface area contributed by atoms with Crippen LogP contribution < -0.4 is 5.32 Å². The molecule has 0 spiro atoms. The van der Waals surface area contributed by atoms with Crippen molar-refractivity contribution >= 4 is 34.3 Å². The minimum Gasteiger partial charge on any atom is -0.325 e. The molecule has 0 saturated carbocycles. The number of nitrogens with one attached hydrogen (secondary N) is 1. The van der Waals surface area contributed by atoms with Gasteiger partial charge in [0, 0.05) is 11.1 Å². The Kier molecular flexibility index (Phi) is 4.86. The van der Waals surface area contributed by atoms with Crippen molar-refractivity contribution in [2.45, 2.75) is 31.0 Å². The fourth-order valence-electron chi connectivity index (χ4n) is 2.54. The monoisotopic (exact) mass is 336 g/mol. The van der Waals surface area contributed by atoms with E-state index in [-0.39, 0.29) is 11.2 Å². The second-order valence-electron chi connectivity index (χ2n) is 5.91. The number of aromatic nitrogens is 1. The summed E-state index contributed by atoms with van der Waals surface area (Å²) in [7, 11) is 0. The molecule has 2 aromatic carbocycles. The maximum atomic E-state index is 12.5. The summed E-state index contributed by atoms with van der Waals surface area (Å²) in [4.78, 5) is 17.1. The van der Waals surface area contributed by atoms with Crippen molar-refractivity contribution in [3.05, 3.63) is 65.7 Å². The number of para-hydroxylation sites is 1. The van der Waals surface area contributed by atoms with E-state index in [1.165, 1.54) is 17.3 Å². The molecule has 0 radical (unpaired) electrons. The Morgan fingerprint density at radius 3 is 2.67 bits per heavy atom. The van der Waals surface area contributed by atoms with Gasteiger partial charge in [-0.1, -0.05) is 53.7 Å². The van der Waals surface area contributed by atoms with Gasteiger partial charge in [-0.15, -0.1) is 0 Å². The summed E-state index contributed by atoms with van der Waals surface area (Å²) in [6.07, 6.45) is 0. The maximum absolute atomic E-state index is 12.5. The third-order valence-corrected chi connectivity index (χ3v) is 4.92. The number of aryl methyl sites for hydroxylation is 2. The van der Waals surface area contributed by atoms with Gasteiger partial charge in [0.15, 0.2) is 0 Å². The van der Waals surface area contributed by atoms with Crippen LogP contribution in [0.4, 0.5) is 5.69 Å². The number of carbonyl (C=O) groups is 1. The standard InChI is InChI=1S/C20H20N2OS/c1-13-8-10-17(14(2)12-13)22-20(23)15(3)24-19-11-9-16-6-4-5-7-18(16)21-19/h4-12,15H,1-3H3,(H,22,23). The molecule has 0 bridgehead atoms. The van der Waals surface area contributed by atoms with Gasteiger partial charge in [0.25, 0.3) is 0 Å². The van der Waals surface area contributed by atoms with E-state index < -0.39 is 0 Å². The average Bonchev–Trinajstić information content (AvgIpc) is 2.57. The molecule has 3 rings (SSSR count). The summed E-state index contributed by atoms with van der Waals surface area (Å²) in [5, 5.41) is 4.75. The molecule has 1 heterocycles. The highest BCUT2D eigenvalue weighted by Gasteiger charge is 2.16. The van der Waals surface area contributed by atoms with Crippen molar-refractivity contribution in [3.63, 3.8) is 0 Å². The van der Waals surface area contributed by atoms with E-state index in [2.05, 4.69) is 16.4 Å². The van der Waals surface area contributed by atoms with Gasteiger partial charge >= 0.3 is 0 Å². The van der Waals surface area contributed by atoms with Gasteiger partial charge in [-0.3, -0.25) is 4.79 Å². The number of pyridine rings is 1. The quantitative estimate of drug-likeness (QED) is 0.684. The first-order valence-corrected chi connectivity index (χ1v) is 8.81. The highest BCUT2D eigenvalue weighted by Crippen LogP contribution is 2.25. The topological polar surface area (TPSA) is 42.0 Å². The molecule has 122 valence electrons. The number of carbonyl (C=O) groups excluding carboxylic acids is 1. The third-order valence-electron chi connectivity index (χ3n) is 3.88. The number of anilines is 1. The number of hydrogen-bond acceptors (Lipinski definition) is 3. The van der Waals surface area contributed by atoms with E-state index in [9.17, 15) is 4.79 Å². The molecular formula is C20H20N2OS. The first-order chi connectivity index (χ1) is 11.5. The number of rotatable bonds is 4. The molecule has 0 fully saturated rings. The van der Waals surface area contributed by atoms with Crippen molar-refractivity contribution in [1.29, 1.82) is 0 Å². The average molecular weight is 336 g/mol. The maximum Gasteiger partial charge on any atom is 0.237 e. The summed E-state index contributed by atoms with van der Waals surface area (Å²) in [5.41, 5.74) is 4.08. The van der Waals surface area contributed by atoms with Gasteiger partial charge in [0.2, 0.25) is 5.91 Å². The Hall–Kier alpha value is -2.33. The molecule has 1 amide bonds. The normalized spacial score (nSPS) is 12.1. The molecule has 3 aromatic rings. The van der Waals surface area contributed by atoms with Crippen molar-refractivity contribution in [2.75, 3.05) is 5.32 Å². The van der Waals surface area contributed by atoms with Gasteiger partial charge in [-0.05, 0) is 44.5 Å². The molecule has 1 N–H and O–H groups in total. The predicted molar refractivity (Wildman–Crippen MR) is 102 cm³/mol. The first-order valence-electron chi connectivity index (χ1n) is 7.93. The van der Waals surface area contributed by atoms with Crippen LogP contribution in [0.5, 0.6) is 0 Å². The van der Waals surface area contributed by atoms with Crippen LogP contribution in [0.25, 0.3) is 10.9 Å². The highest BCUT2D eigenvalue weighted by atomic mass is 32.2. The summed E-state index contributed by atoms with van der Waals surface area (Å²) >= 11 is 1.47. The number of hydrogen-bond donors (Lipinski definition) is 1. The zero-order chi connectivity index (χ0) is 17.1. The number of amides is 1. The molecule has 0 aliphatic rings. The summed E-state index contributed by atoms with van der Waals surface area (Å²) in [5.74, 6) is -0.0121. The number of benzene rings is 2. The Morgan fingerprint density at radius 1 is 1.08 bits per heavy atom. The zero-order valence-corrected chi connectivity index (χ0v) is 14.9. The van der Waals surface area contributed by atoms with E-state index in [0.717, 1.165) is 27.2 Å². The third kappa shape index (κ3) is 3.77. The van der Waals surface area contributed by atoms with Gasteiger partial charge in [-0.25, -0.2) is 4.98 Å². The van der Waals surface area contributed by atoms with E-state index in [1.807, 2.05) is 69.3 Å². The lowest BCUT2D eigenvalue weighted by Gasteiger charge is -2.14. The second kappa shape index (κ2) is 7.05. The van der Waals surface area contributed by atoms with Crippen LogP contribution in [-0.4, -0.2) is 16.1 Å². The van der Waals surface area contributed by atoms with Gasteiger partial charge in [-0.2, -0.15) is 0 Å². The lowest BCUT2D eigenvalue weighted by atomic mass is 10.1. The van der Waals surface area contributed by atoms with E-state index in [0.29, 0.717) is 0 Å². The molecule has 0 aliphatic heterocycles. The van der Waals surface area contributed by atoms with Gasteiger partial charge in [0.1, 0.15) is 0 Å². The number of nitrogens with zero attached hydrogens (tertiary/aromatic N) is 1. The van der Waals surface area contributed by atoms with Crippen LogP contribution in [0.1, 0.15) is 18.1 Å². The molecule has 4 heteroatoms. The second-order valence-corrected chi connectivity index (χ2v) is 7.27. The number of fused-ring (bicyclic) bond motifs is 1. The first kappa shape index (κ1) is 16.5. The Balaban J connectivity index is 1.70. The van der Waals surface area contributed by atoms with Crippen molar-refractivity contribution in [3.8, 4) is 0 Å². The lowest BCUT2D eigenvalue weighted by Crippen LogP contribution is -2.23. The van der Waals surface area contributed by atoms with Crippen molar-refractivity contribution < 1.29 is 4.79 Å². The van der Waals surface area contributed by atoms with Crippen LogP contribution in [0.15, 0.2) is 59.6 Å². The van der Waals surface area contributed by atoms with Gasteiger partial charge < -0.3 is 5.32 Å². The number of thioether (sulfide) groups is 1. The molecule has 1 unspecified atom stereocenters. The predicted octanol–water partition coefficient (Wildman–Crippen LogP) is 4.97. The fourth-order valence-corrected chi connectivity index (χ4v) is 3.36. The minimum absolute atomic E-state index is 0.0121. The summed E-state index contributed by atoms with van der Waals surface area (Å²) in [6, 6.07) is 18.0. The lowest BCUT2D eigenvalue weighted by molar-refractivity contribution is -0.115. The molecule has 3 nitrogen and oxygen atoms in total. The summed E-state index contributed by atoms with van der Waals surface area (Å²) < 4.78 is 0. The van der Waals surface area contributed by atoms with E-state index in [4.69, 9.17) is 0 Å². The summed E-state index contributed by atoms with van der Waals surface area (Å²) in [6.45, 7) is 5.95. The molecule has 0 saturated heterocycles. The largest absolute Gasteiger partial charge is 0.325 e. The van der Waals surface area contributed by atoms with Gasteiger partial charge in [0.05, 0.1) is 15.8 Å². The minimum atomic E-state index is -0.223. The zero-order valence-electron chi connectivity index (χ0n) is 14.0. The van der Waals surface area contributed by atoms with E-state index >= 15 is 0 Å². The Bertz CT molecular complexity index is 892. The molecule has 1 aromatic heterocycles. The fraction of sp³-hybridized carbons (Fsp3) is 0.200. The van der Waals surface area contributed by atoms with Crippen LogP contribution >= 0.6 is 11.8 Å². The van der Waals surface area contributed by atoms with Crippen molar-refractivity contribution in [2.24, 2.45) is 0 Å². The molecular weight excluding hydrogens is 316 g/mol. The molecule has 24 heavy (non-hydrogen) atoms. The van der Waals surface area contributed by atoms with Crippen LogP contribution in [0.2, 0.25) is 0 Å². The molecule has 0 aliphatic carbocycles. The van der Waals surface area contributed by atoms with E-state index in [1.54, 1.807) is 0 Å². The van der Waals surface area contributed by atoms with Crippen LogP contribution in [-0.2, 0) is 4.79 Å². The van der Waals surface area contributed by atoms with Crippen molar-refractivity contribution in [1.82, 2.24) is 4.98 Å². The smallest absolute Gasteiger partial charge is 0.237 e. The highest BCUT2D eigenvalue weighted by molar-refractivity contribution is 8.00. The Labute approximate surface area is 146 Å². The van der Waals surface area contributed by atoms with Crippen LogP contribution in [0.3, 0.4) is 0 Å². The molecule has 1 atom stereocenters. The SMILES string of the molecule is Cc1ccc(NC(=O)C(C)Sc2ccc3ccccc3n2)c(C)c1. The Morgan fingerprint density at radius 2 is 1.88 bits per heavy atom.